The van der Waals surface area contributed by atoms with Gasteiger partial charge in [-0.1, -0.05) is 30.3 Å². The fraction of sp³-hybridized carbons (Fsp3) is 0.350. The van der Waals surface area contributed by atoms with Crippen molar-refractivity contribution in [1.82, 2.24) is 0 Å². The quantitative estimate of drug-likeness (QED) is 0.232. The second-order valence-corrected chi connectivity index (χ2v) is 8.74. The topological polar surface area (TPSA) is 79.2 Å². The zero-order valence-electron chi connectivity index (χ0n) is 15.8. The van der Waals surface area contributed by atoms with E-state index in [0.717, 1.165) is 41.0 Å². The Kier molecular flexibility index (Phi) is 9.41. The maximum absolute atomic E-state index is 12.3. The molecular formula is C20H22N2O3S3. The van der Waals surface area contributed by atoms with Gasteiger partial charge in [-0.05, 0) is 48.9 Å². The summed E-state index contributed by atoms with van der Waals surface area (Å²) in [6.45, 7) is 3.78. The van der Waals surface area contributed by atoms with Gasteiger partial charge in [0.05, 0.1) is 11.5 Å². The van der Waals surface area contributed by atoms with E-state index in [9.17, 15) is 9.59 Å². The van der Waals surface area contributed by atoms with E-state index in [4.69, 9.17) is 10.00 Å². The van der Waals surface area contributed by atoms with Gasteiger partial charge in [0.2, 0.25) is 5.91 Å². The van der Waals surface area contributed by atoms with Crippen LogP contribution in [0.2, 0.25) is 0 Å². The molecule has 0 fully saturated rings. The molecule has 0 atom stereocenters. The number of hydrogen-bond donors (Lipinski definition) is 1. The lowest BCUT2D eigenvalue weighted by atomic mass is 10.2. The Morgan fingerprint density at radius 3 is 2.71 bits per heavy atom. The first-order chi connectivity index (χ1) is 13.6. The number of ether oxygens (including phenoxy) is 1. The van der Waals surface area contributed by atoms with Crippen molar-refractivity contribution >= 4 is 51.7 Å². The number of thiophene rings is 1. The molecule has 1 amide bonds. The summed E-state index contributed by atoms with van der Waals surface area (Å²) in [5.41, 5.74) is 1.94. The standard InChI is InChI=1S/C20H22N2O3S3/c1-3-25-20(24)18-14(2)17(27-13-21)19(28-18)22-16(23)10-7-11-26-12-15-8-5-4-6-9-15/h4-6,8-9H,3,7,10-12H2,1-2H3,(H,22,23). The van der Waals surface area contributed by atoms with Crippen LogP contribution >= 0.6 is 34.9 Å². The van der Waals surface area contributed by atoms with Crippen LogP contribution in [0.1, 0.15) is 40.6 Å². The van der Waals surface area contributed by atoms with Gasteiger partial charge in [0, 0.05) is 12.2 Å². The van der Waals surface area contributed by atoms with E-state index < -0.39 is 5.97 Å². The molecule has 2 rings (SSSR count). The van der Waals surface area contributed by atoms with Crippen LogP contribution in [-0.2, 0) is 15.3 Å². The molecular weight excluding hydrogens is 412 g/mol. The van der Waals surface area contributed by atoms with Crippen molar-refractivity contribution in [3.05, 3.63) is 46.3 Å². The predicted molar refractivity (Wildman–Crippen MR) is 117 cm³/mol. The van der Waals surface area contributed by atoms with Crippen LogP contribution in [0.3, 0.4) is 0 Å². The number of rotatable bonds is 10. The van der Waals surface area contributed by atoms with Crippen LogP contribution in [0.4, 0.5) is 5.00 Å². The van der Waals surface area contributed by atoms with Gasteiger partial charge in [0.1, 0.15) is 15.3 Å². The van der Waals surface area contributed by atoms with Gasteiger partial charge in [-0.15, -0.1) is 11.3 Å². The maximum Gasteiger partial charge on any atom is 0.348 e. The zero-order valence-corrected chi connectivity index (χ0v) is 18.3. The monoisotopic (exact) mass is 434 g/mol. The summed E-state index contributed by atoms with van der Waals surface area (Å²) in [5.74, 6) is 1.28. The van der Waals surface area contributed by atoms with Gasteiger partial charge in [0.15, 0.2) is 0 Å². The second-order valence-electron chi connectivity index (χ2n) is 5.82. The molecule has 0 bridgehead atoms. The van der Waals surface area contributed by atoms with E-state index in [-0.39, 0.29) is 12.5 Å². The van der Waals surface area contributed by atoms with E-state index in [1.807, 2.05) is 23.6 Å². The van der Waals surface area contributed by atoms with Gasteiger partial charge in [-0.3, -0.25) is 4.79 Å². The van der Waals surface area contributed by atoms with E-state index in [0.29, 0.717) is 26.8 Å². The number of benzene rings is 1. The summed E-state index contributed by atoms with van der Waals surface area (Å²) in [7, 11) is 0. The lowest BCUT2D eigenvalue weighted by molar-refractivity contribution is -0.116. The van der Waals surface area contributed by atoms with Gasteiger partial charge in [-0.2, -0.15) is 17.0 Å². The van der Waals surface area contributed by atoms with Crippen LogP contribution in [0.5, 0.6) is 0 Å². The lowest BCUT2D eigenvalue weighted by Crippen LogP contribution is -2.11. The smallest absolute Gasteiger partial charge is 0.348 e. The minimum atomic E-state index is -0.428. The molecule has 1 heterocycles. The highest BCUT2D eigenvalue weighted by Gasteiger charge is 2.22. The second kappa shape index (κ2) is 11.8. The zero-order chi connectivity index (χ0) is 20.4. The number of carbonyl (C=O) groups is 2. The normalized spacial score (nSPS) is 10.3. The summed E-state index contributed by atoms with van der Waals surface area (Å²) < 4.78 is 5.05. The van der Waals surface area contributed by atoms with Crippen LogP contribution < -0.4 is 5.32 Å². The Balaban J connectivity index is 1.87. The molecule has 0 saturated carbocycles. The summed E-state index contributed by atoms with van der Waals surface area (Å²) in [6, 6.07) is 10.2. The predicted octanol–water partition coefficient (Wildman–Crippen LogP) is 5.46. The molecule has 1 aromatic carbocycles. The molecule has 0 aliphatic rings. The molecule has 0 unspecified atom stereocenters. The van der Waals surface area contributed by atoms with E-state index in [2.05, 4.69) is 17.4 Å². The Labute approximate surface area is 177 Å². The summed E-state index contributed by atoms with van der Waals surface area (Å²) in [6.07, 6.45) is 1.16. The molecule has 148 valence electrons. The average Bonchev–Trinajstić information content (AvgIpc) is 2.99. The Bertz CT molecular complexity index is 844. The number of carbonyl (C=O) groups excluding carboxylic acids is 2. The number of esters is 1. The summed E-state index contributed by atoms with van der Waals surface area (Å²) >= 11 is 3.90. The van der Waals surface area contributed by atoms with Crippen LogP contribution in [0, 0.1) is 17.6 Å². The van der Waals surface area contributed by atoms with Crippen molar-refractivity contribution in [2.24, 2.45) is 0 Å². The first-order valence-corrected chi connectivity index (χ1v) is 11.6. The molecule has 0 radical (unpaired) electrons. The number of nitrogens with one attached hydrogen (secondary N) is 1. The highest BCUT2D eigenvalue weighted by atomic mass is 32.2. The molecule has 1 aromatic heterocycles. The third-order valence-electron chi connectivity index (χ3n) is 3.76. The summed E-state index contributed by atoms with van der Waals surface area (Å²) in [5, 5.41) is 14.4. The third-order valence-corrected chi connectivity index (χ3v) is 6.99. The van der Waals surface area contributed by atoms with Crippen LogP contribution in [-0.4, -0.2) is 24.2 Å². The minimum absolute atomic E-state index is 0.114. The Morgan fingerprint density at radius 1 is 1.29 bits per heavy atom. The summed E-state index contributed by atoms with van der Waals surface area (Å²) in [4.78, 5) is 25.4. The van der Waals surface area contributed by atoms with Crippen LogP contribution in [0.25, 0.3) is 0 Å². The Hall–Kier alpha value is -1.95. The molecule has 0 aliphatic carbocycles. The van der Waals surface area contributed by atoms with Crippen molar-refractivity contribution < 1.29 is 14.3 Å². The van der Waals surface area contributed by atoms with Gasteiger partial charge in [-0.25, -0.2) is 4.79 Å². The molecule has 8 heteroatoms. The van der Waals surface area contributed by atoms with Crippen molar-refractivity contribution in [3.8, 4) is 5.40 Å². The molecule has 0 aliphatic heterocycles. The van der Waals surface area contributed by atoms with E-state index >= 15 is 0 Å². The maximum atomic E-state index is 12.3. The number of thioether (sulfide) groups is 2. The number of amides is 1. The molecule has 0 saturated heterocycles. The number of anilines is 1. The highest BCUT2D eigenvalue weighted by molar-refractivity contribution is 8.04. The molecule has 0 spiro atoms. The lowest BCUT2D eigenvalue weighted by Gasteiger charge is -2.05. The van der Waals surface area contributed by atoms with Gasteiger partial charge in [0.25, 0.3) is 0 Å². The minimum Gasteiger partial charge on any atom is -0.462 e. The van der Waals surface area contributed by atoms with Crippen molar-refractivity contribution in [1.29, 1.82) is 5.26 Å². The first-order valence-electron chi connectivity index (χ1n) is 8.84. The van der Waals surface area contributed by atoms with Crippen molar-refractivity contribution in [3.63, 3.8) is 0 Å². The molecule has 2 aromatic rings. The first kappa shape index (κ1) is 22.3. The van der Waals surface area contributed by atoms with Crippen molar-refractivity contribution in [2.75, 3.05) is 17.7 Å². The van der Waals surface area contributed by atoms with Gasteiger partial charge >= 0.3 is 5.97 Å². The third kappa shape index (κ3) is 6.59. The van der Waals surface area contributed by atoms with E-state index in [1.54, 1.807) is 25.6 Å². The fourth-order valence-electron chi connectivity index (χ4n) is 2.43. The number of hydrogen-bond acceptors (Lipinski definition) is 7. The molecule has 1 N–H and O–H groups in total. The van der Waals surface area contributed by atoms with Gasteiger partial charge < -0.3 is 10.1 Å². The van der Waals surface area contributed by atoms with Crippen molar-refractivity contribution in [2.45, 2.75) is 37.3 Å². The number of thiocyanates is 1. The molecule has 5 nitrogen and oxygen atoms in total. The number of nitriles is 1. The Morgan fingerprint density at radius 2 is 2.04 bits per heavy atom. The average molecular weight is 435 g/mol. The largest absolute Gasteiger partial charge is 0.462 e. The van der Waals surface area contributed by atoms with Crippen LogP contribution in [0.15, 0.2) is 35.2 Å². The highest BCUT2D eigenvalue weighted by Crippen LogP contribution is 2.40. The van der Waals surface area contributed by atoms with E-state index in [1.165, 1.54) is 5.56 Å². The number of nitrogens with zero attached hydrogens (tertiary/aromatic N) is 1. The fourth-order valence-corrected chi connectivity index (χ4v) is 5.17. The molecule has 28 heavy (non-hydrogen) atoms. The SMILES string of the molecule is CCOC(=O)c1sc(NC(=O)CCCSCc2ccccc2)c(SC#N)c1C.